The summed E-state index contributed by atoms with van der Waals surface area (Å²) in [5.74, 6) is 0.642. The van der Waals surface area contributed by atoms with Crippen molar-refractivity contribution in [1.82, 2.24) is 30.8 Å². The molecule has 0 spiro atoms. The third-order valence-electron chi connectivity index (χ3n) is 3.98. The van der Waals surface area contributed by atoms with Gasteiger partial charge in [-0.2, -0.15) is 0 Å². The highest BCUT2D eigenvalue weighted by molar-refractivity contribution is 5.94. The number of carbonyl (C=O) groups is 1. The van der Waals surface area contributed by atoms with Crippen LogP contribution in [-0.2, 0) is 0 Å². The lowest BCUT2D eigenvalue weighted by atomic mass is 9.96. The number of benzene rings is 1. The van der Waals surface area contributed by atoms with Crippen LogP contribution in [0, 0.1) is 5.92 Å². The Hall–Kier alpha value is -1.99. The summed E-state index contributed by atoms with van der Waals surface area (Å²) in [7, 11) is 0. The molecule has 1 aromatic carbocycles. The third-order valence-corrected chi connectivity index (χ3v) is 3.98. The summed E-state index contributed by atoms with van der Waals surface area (Å²) in [6, 6.07) is 7.23. The Morgan fingerprint density at radius 3 is 2.83 bits per heavy atom. The summed E-state index contributed by atoms with van der Waals surface area (Å²) in [5, 5.41) is 17.4. The molecule has 1 aromatic heterocycles. The van der Waals surface area contributed by atoms with Crippen molar-refractivity contribution in [3.63, 3.8) is 0 Å². The first kappa shape index (κ1) is 17.4. The molecule has 2 heterocycles. The molecule has 8 heteroatoms. The second kappa shape index (κ2) is 8.59. The van der Waals surface area contributed by atoms with Crippen molar-refractivity contribution in [3.05, 3.63) is 36.2 Å². The summed E-state index contributed by atoms with van der Waals surface area (Å²) in [6.07, 6.45) is 5.04. The van der Waals surface area contributed by atoms with Crippen molar-refractivity contribution in [2.75, 3.05) is 19.6 Å². The number of tetrazole rings is 1. The number of nitrogens with zero attached hydrogens (tertiary/aromatic N) is 4. The zero-order chi connectivity index (χ0) is 15.2. The van der Waals surface area contributed by atoms with Crippen LogP contribution in [0.5, 0.6) is 0 Å². The van der Waals surface area contributed by atoms with E-state index in [9.17, 15) is 4.79 Å². The quantitative estimate of drug-likeness (QED) is 0.857. The summed E-state index contributed by atoms with van der Waals surface area (Å²) >= 11 is 0. The number of piperidine rings is 1. The molecule has 1 saturated heterocycles. The van der Waals surface area contributed by atoms with Gasteiger partial charge >= 0.3 is 0 Å². The molecule has 1 unspecified atom stereocenters. The molecule has 1 aliphatic rings. The fourth-order valence-corrected chi connectivity index (χ4v) is 2.71. The maximum atomic E-state index is 12.1. The molecule has 7 nitrogen and oxygen atoms in total. The monoisotopic (exact) mass is 336 g/mol. The van der Waals surface area contributed by atoms with Crippen molar-refractivity contribution in [1.29, 1.82) is 0 Å². The first-order chi connectivity index (χ1) is 10.8. The van der Waals surface area contributed by atoms with Crippen LogP contribution in [0.15, 0.2) is 30.6 Å². The number of halogens is 1. The third kappa shape index (κ3) is 4.74. The van der Waals surface area contributed by atoms with Gasteiger partial charge in [0.05, 0.1) is 5.69 Å². The smallest absolute Gasteiger partial charge is 0.251 e. The molecule has 124 valence electrons. The minimum Gasteiger partial charge on any atom is -0.352 e. The first-order valence-corrected chi connectivity index (χ1v) is 7.65. The highest BCUT2D eigenvalue weighted by Gasteiger charge is 2.13. The maximum absolute atomic E-state index is 12.1. The van der Waals surface area contributed by atoms with E-state index in [2.05, 4.69) is 26.2 Å². The van der Waals surface area contributed by atoms with Crippen LogP contribution in [0.2, 0.25) is 0 Å². The van der Waals surface area contributed by atoms with Crippen molar-refractivity contribution in [3.8, 4) is 5.69 Å². The predicted octanol–water partition coefficient (Wildman–Crippen LogP) is 1.20. The maximum Gasteiger partial charge on any atom is 0.251 e. The van der Waals surface area contributed by atoms with Gasteiger partial charge in [-0.15, -0.1) is 17.5 Å². The minimum absolute atomic E-state index is 0. The van der Waals surface area contributed by atoms with Crippen LogP contribution < -0.4 is 10.6 Å². The Morgan fingerprint density at radius 1 is 1.35 bits per heavy atom. The summed E-state index contributed by atoms with van der Waals surface area (Å²) in [6.45, 7) is 2.91. The van der Waals surface area contributed by atoms with E-state index in [1.54, 1.807) is 16.8 Å². The number of rotatable bonds is 5. The molecule has 0 radical (unpaired) electrons. The van der Waals surface area contributed by atoms with Gasteiger partial charge in [0.2, 0.25) is 0 Å². The van der Waals surface area contributed by atoms with Gasteiger partial charge in [-0.05, 0) is 73.0 Å². The number of carbonyl (C=O) groups excluding carboxylic acids is 1. The van der Waals surface area contributed by atoms with Crippen molar-refractivity contribution >= 4 is 18.3 Å². The molecule has 3 rings (SSSR count). The molecule has 1 amide bonds. The van der Waals surface area contributed by atoms with Crippen molar-refractivity contribution in [2.24, 2.45) is 5.92 Å². The SMILES string of the molecule is Cl.O=C(NCCC1CCCNC1)c1ccc(-n2cnnn2)cc1. The van der Waals surface area contributed by atoms with E-state index in [4.69, 9.17) is 0 Å². The highest BCUT2D eigenvalue weighted by Crippen LogP contribution is 2.13. The number of aromatic nitrogens is 4. The second-order valence-corrected chi connectivity index (χ2v) is 5.56. The van der Waals surface area contributed by atoms with Gasteiger partial charge < -0.3 is 10.6 Å². The predicted molar refractivity (Wildman–Crippen MR) is 88.9 cm³/mol. The molecule has 1 atom stereocenters. The van der Waals surface area contributed by atoms with E-state index in [0.717, 1.165) is 31.7 Å². The summed E-state index contributed by atoms with van der Waals surface area (Å²) in [4.78, 5) is 12.1. The van der Waals surface area contributed by atoms with Crippen LogP contribution in [0.1, 0.15) is 29.6 Å². The Labute approximate surface area is 141 Å². The summed E-state index contributed by atoms with van der Waals surface area (Å²) < 4.78 is 1.55. The Balaban J connectivity index is 0.00000192. The fourth-order valence-electron chi connectivity index (χ4n) is 2.71. The zero-order valence-electron chi connectivity index (χ0n) is 12.8. The molecule has 0 saturated carbocycles. The molecule has 1 aliphatic heterocycles. The van der Waals surface area contributed by atoms with E-state index in [1.165, 1.54) is 19.2 Å². The van der Waals surface area contributed by atoms with Gasteiger partial charge in [-0.3, -0.25) is 4.79 Å². The molecule has 2 N–H and O–H groups in total. The van der Waals surface area contributed by atoms with Gasteiger partial charge in [-0.25, -0.2) is 4.68 Å². The zero-order valence-corrected chi connectivity index (χ0v) is 13.6. The molecule has 0 aliphatic carbocycles. The molecular weight excluding hydrogens is 316 g/mol. The van der Waals surface area contributed by atoms with Gasteiger partial charge in [0.25, 0.3) is 5.91 Å². The first-order valence-electron chi connectivity index (χ1n) is 7.65. The molecular formula is C15H21ClN6O. The largest absolute Gasteiger partial charge is 0.352 e. The second-order valence-electron chi connectivity index (χ2n) is 5.56. The number of amides is 1. The van der Waals surface area contributed by atoms with E-state index >= 15 is 0 Å². The summed E-state index contributed by atoms with van der Waals surface area (Å²) in [5.41, 5.74) is 1.48. The molecule has 1 fully saturated rings. The topological polar surface area (TPSA) is 84.7 Å². The lowest BCUT2D eigenvalue weighted by molar-refractivity contribution is 0.0950. The van der Waals surface area contributed by atoms with Gasteiger partial charge in [0.1, 0.15) is 6.33 Å². The van der Waals surface area contributed by atoms with E-state index < -0.39 is 0 Å². The van der Waals surface area contributed by atoms with Crippen LogP contribution in [0.3, 0.4) is 0 Å². The number of hydrogen-bond acceptors (Lipinski definition) is 5. The standard InChI is InChI=1S/C15H20N6O.ClH/c22-15(17-9-7-12-2-1-8-16-10-12)13-3-5-14(6-4-13)21-11-18-19-20-21;/h3-6,11-12,16H,1-2,7-10H2,(H,17,22);1H. The molecule has 2 aromatic rings. The highest BCUT2D eigenvalue weighted by atomic mass is 35.5. The number of hydrogen-bond donors (Lipinski definition) is 2. The van der Waals surface area contributed by atoms with E-state index in [-0.39, 0.29) is 18.3 Å². The van der Waals surface area contributed by atoms with E-state index in [1.807, 2.05) is 12.1 Å². The van der Waals surface area contributed by atoms with Crippen LogP contribution in [0.25, 0.3) is 5.69 Å². The van der Waals surface area contributed by atoms with Crippen LogP contribution in [-0.4, -0.2) is 45.7 Å². The molecule has 0 bridgehead atoms. The number of nitrogens with one attached hydrogen (secondary N) is 2. The Morgan fingerprint density at radius 2 is 2.17 bits per heavy atom. The normalized spacial score (nSPS) is 17.3. The minimum atomic E-state index is -0.0352. The average Bonchev–Trinajstić information content (AvgIpc) is 3.10. The van der Waals surface area contributed by atoms with Crippen molar-refractivity contribution in [2.45, 2.75) is 19.3 Å². The van der Waals surface area contributed by atoms with Crippen molar-refractivity contribution < 1.29 is 4.79 Å². The lowest BCUT2D eigenvalue weighted by Gasteiger charge is -2.22. The van der Waals surface area contributed by atoms with Gasteiger partial charge in [0, 0.05) is 12.1 Å². The average molecular weight is 337 g/mol. The Bertz CT molecular complexity index is 595. The van der Waals surface area contributed by atoms with Crippen LogP contribution in [0.4, 0.5) is 0 Å². The van der Waals surface area contributed by atoms with E-state index in [0.29, 0.717) is 11.5 Å². The molecule has 23 heavy (non-hydrogen) atoms. The Kier molecular flexibility index (Phi) is 6.49. The van der Waals surface area contributed by atoms with Gasteiger partial charge in [0.15, 0.2) is 0 Å². The lowest BCUT2D eigenvalue weighted by Crippen LogP contribution is -2.33. The van der Waals surface area contributed by atoms with Crippen LogP contribution >= 0.6 is 12.4 Å². The van der Waals surface area contributed by atoms with Gasteiger partial charge in [-0.1, -0.05) is 0 Å². The fraction of sp³-hybridized carbons (Fsp3) is 0.467.